The average Bonchev–Trinajstić information content (AvgIpc) is 2.46. The van der Waals surface area contributed by atoms with Crippen molar-refractivity contribution in [1.82, 2.24) is 0 Å². The molecule has 0 radical (unpaired) electrons. The quantitative estimate of drug-likeness (QED) is 0.816. The number of carbonyl (C=O) groups is 1. The highest BCUT2D eigenvalue weighted by Crippen LogP contribution is 2.18. The number of anilines is 1. The van der Waals surface area contributed by atoms with Crippen LogP contribution in [0.4, 0.5) is 10.5 Å². The smallest absolute Gasteiger partial charge is 0.411 e. The second-order valence-electron chi connectivity index (χ2n) is 4.91. The molecule has 2 aromatic carbocycles. The highest BCUT2D eigenvalue weighted by atomic mass is 16.6. The molecule has 0 unspecified atom stereocenters. The highest BCUT2D eigenvalue weighted by Gasteiger charge is 2.07. The molecule has 0 aliphatic heterocycles. The Bertz CT molecular complexity index is 618. The van der Waals surface area contributed by atoms with Crippen molar-refractivity contribution >= 4 is 23.9 Å². The normalized spacial score (nSPS) is 10.8. The van der Waals surface area contributed by atoms with Crippen molar-refractivity contribution in [3.63, 3.8) is 0 Å². The van der Waals surface area contributed by atoms with Crippen LogP contribution in [-0.4, -0.2) is 12.2 Å². The molecule has 0 saturated heterocycles. The van der Waals surface area contributed by atoms with Crippen molar-refractivity contribution in [1.29, 1.82) is 0 Å². The molecule has 0 fully saturated rings. The van der Waals surface area contributed by atoms with Crippen LogP contribution in [0.5, 0.6) is 0 Å². The van der Waals surface area contributed by atoms with E-state index < -0.39 is 6.09 Å². The summed E-state index contributed by atoms with van der Waals surface area (Å²) in [4.78, 5) is 11.7. The number of amides is 1. The van der Waals surface area contributed by atoms with E-state index in [0.717, 1.165) is 16.8 Å². The summed E-state index contributed by atoms with van der Waals surface area (Å²) in [5.74, 6) is 0. The summed E-state index contributed by atoms with van der Waals surface area (Å²) in [6, 6.07) is 17.6. The maximum atomic E-state index is 11.7. The summed E-state index contributed by atoms with van der Waals surface area (Å²) in [6.07, 6.45) is 3.40. The molecule has 2 aromatic rings. The Kier molecular flexibility index (Phi) is 5.16. The number of carbonyl (C=O) groups excluding carboxylic acids is 1. The zero-order valence-electron chi connectivity index (χ0n) is 12.2. The molecule has 3 nitrogen and oxygen atoms in total. The molecule has 108 valence electrons. The Morgan fingerprint density at radius 2 is 1.67 bits per heavy atom. The molecule has 0 saturated carbocycles. The van der Waals surface area contributed by atoms with Crippen molar-refractivity contribution in [2.24, 2.45) is 0 Å². The first-order chi connectivity index (χ1) is 10.1. The van der Waals surface area contributed by atoms with Gasteiger partial charge in [0.25, 0.3) is 0 Å². The van der Waals surface area contributed by atoms with Crippen LogP contribution < -0.4 is 5.32 Å². The van der Waals surface area contributed by atoms with Crippen LogP contribution in [-0.2, 0) is 4.74 Å². The SMILES string of the molecule is CC(C)OC(=O)Nc1ccccc1/C=C/c1ccccc1. The Morgan fingerprint density at radius 3 is 2.38 bits per heavy atom. The first-order valence-electron chi connectivity index (χ1n) is 6.95. The molecule has 0 atom stereocenters. The number of ether oxygens (including phenoxy) is 1. The van der Waals surface area contributed by atoms with Crippen molar-refractivity contribution < 1.29 is 9.53 Å². The predicted octanol–water partition coefficient (Wildman–Crippen LogP) is 4.81. The van der Waals surface area contributed by atoms with Gasteiger partial charge in [0.2, 0.25) is 0 Å². The molecule has 1 N–H and O–H groups in total. The molecule has 1 amide bonds. The van der Waals surface area contributed by atoms with E-state index in [4.69, 9.17) is 4.74 Å². The second kappa shape index (κ2) is 7.29. The molecule has 2 rings (SSSR count). The van der Waals surface area contributed by atoms with Gasteiger partial charge in [0.15, 0.2) is 0 Å². The number of para-hydroxylation sites is 1. The predicted molar refractivity (Wildman–Crippen MR) is 87.1 cm³/mol. The molecule has 0 bridgehead atoms. The van der Waals surface area contributed by atoms with Gasteiger partial charge in [0, 0.05) is 0 Å². The Hall–Kier alpha value is -2.55. The molecule has 21 heavy (non-hydrogen) atoms. The van der Waals surface area contributed by atoms with Crippen LogP contribution in [0.25, 0.3) is 12.2 Å². The maximum absolute atomic E-state index is 11.7. The minimum absolute atomic E-state index is 0.142. The van der Waals surface area contributed by atoms with Gasteiger partial charge in [0.1, 0.15) is 0 Å². The van der Waals surface area contributed by atoms with Gasteiger partial charge in [-0.2, -0.15) is 0 Å². The lowest BCUT2D eigenvalue weighted by Crippen LogP contribution is -2.18. The van der Waals surface area contributed by atoms with Gasteiger partial charge in [-0.05, 0) is 31.0 Å². The summed E-state index contributed by atoms with van der Waals surface area (Å²) < 4.78 is 5.10. The lowest BCUT2D eigenvalue weighted by molar-refractivity contribution is 0.130. The third-order valence-corrected chi connectivity index (χ3v) is 2.80. The average molecular weight is 281 g/mol. The fourth-order valence-corrected chi connectivity index (χ4v) is 1.86. The minimum atomic E-state index is -0.439. The van der Waals surface area contributed by atoms with Crippen LogP contribution in [0, 0.1) is 0 Å². The molecule has 0 aliphatic carbocycles. The Morgan fingerprint density at radius 1 is 1.00 bits per heavy atom. The van der Waals surface area contributed by atoms with E-state index in [1.807, 2.05) is 80.6 Å². The van der Waals surface area contributed by atoms with Crippen LogP contribution in [0.15, 0.2) is 54.6 Å². The number of nitrogens with one attached hydrogen (secondary N) is 1. The van der Waals surface area contributed by atoms with Crippen molar-refractivity contribution in [2.75, 3.05) is 5.32 Å². The summed E-state index contributed by atoms with van der Waals surface area (Å²) in [5, 5.41) is 2.77. The van der Waals surface area contributed by atoms with Gasteiger partial charge >= 0.3 is 6.09 Å². The highest BCUT2D eigenvalue weighted by molar-refractivity contribution is 5.89. The zero-order chi connectivity index (χ0) is 15.1. The minimum Gasteiger partial charge on any atom is -0.447 e. The van der Waals surface area contributed by atoms with Gasteiger partial charge in [0.05, 0.1) is 11.8 Å². The van der Waals surface area contributed by atoms with Gasteiger partial charge in [-0.25, -0.2) is 4.79 Å². The monoisotopic (exact) mass is 281 g/mol. The van der Waals surface area contributed by atoms with E-state index in [1.165, 1.54) is 0 Å². The maximum Gasteiger partial charge on any atom is 0.411 e. The van der Waals surface area contributed by atoms with Gasteiger partial charge < -0.3 is 4.74 Å². The first kappa shape index (κ1) is 14.9. The second-order valence-corrected chi connectivity index (χ2v) is 4.91. The lowest BCUT2D eigenvalue weighted by atomic mass is 10.1. The first-order valence-corrected chi connectivity index (χ1v) is 6.95. The largest absolute Gasteiger partial charge is 0.447 e. The molecule has 0 heterocycles. The molecular formula is C18H19NO2. The number of hydrogen-bond acceptors (Lipinski definition) is 2. The van der Waals surface area contributed by atoms with Crippen LogP contribution in [0.1, 0.15) is 25.0 Å². The van der Waals surface area contributed by atoms with Gasteiger partial charge in [-0.1, -0.05) is 60.7 Å². The Labute approximate surface area is 125 Å². The van der Waals surface area contributed by atoms with Gasteiger partial charge in [-0.3, -0.25) is 5.32 Å². The number of hydrogen-bond donors (Lipinski definition) is 1. The Balaban J connectivity index is 2.13. The molecule has 0 spiro atoms. The van der Waals surface area contributed by atoms with Crippen LogP contribution in [0.2, 0.25) is 0 Å². The molecule has 3 heteroatoms. The van der Waals surface area contributed by atoms with E-state index in [2.05, 4.69) is 5.32 Å². The number of benzene rings is 2. The molecule has 0 aromatic heterocycles. The van der Waals surface area contributed by atoms with Crippen molar-refractivity contribution in [3.05, 3.63) is 65.7 Å². The topological polar surface area (TPSA) is 38.3 Å². The third-order valence-electron chi connectivity index (χ3n) is 2.80. The number of rotatable bonds is 4. The van der Waals surface area contributed by atoms with E-state index in [9.17, 15) is 4.79 Å². The van der Waals surface area contributed by atoms with Crippen molar-refractivity contribution in [2.45, 2.75) is 20.0 Å². The summed E-state index contributed by atoms with van der Waals surface area (Å²) in [5.41, 5.74) is 2.77. The molecule has 0 aliphatic rings. The zero-order valence-corrected chi connectivity index (χ0v) is 12.2. The summed E-state index contributed by atoms with van der Waals surface area (Å²) >= 11 is 0. The van der Waals surface area contributed by atoms with Crippen LogP contribution >= 0.6 is 0 Å². The van der Waals surface area contributed by atoms with E-state index in [1.54, 1.807) is 0 Å². The standard InChI is InChI=1S/C18H19NO2/c1-14(2)21-18(20)19-17-11-7-6-10-16(17)13-12-15-8-4-3-5-9-15/h3-14H,1-2H3,(H,19,20)/b13-12+. The van der Waals surface area contributed by atoms with Crippen LogP contribution in [0.3, 0.4) is 0 Å². The fourth-order valence-electron chi connectivity index (χ4n) is 1.86. The summed E-state index contributed by atoms with van der Waals surface area (Å²) in [7, 11) is 0. The summed E-state index contributed by atoms with van der Waals surface area (Å²) in [6.45, 7) is 3.64. The third kappa shape index (κ3) is 4.80. The van der Waals surface area contributed by atoms with E-state index >= 15 is 0 Å². The molecular weight excluding hydrogens is 262 g/mol. The lowest BCUT2D eigenvalue weighted by Gasteiger charge is -2.11. The van der Waals surface area contributed by atoms with E-state index in [-0.39, 0.29) is 6.10 Å². The van der Waals surface area contributed by atoms with Gasteiger partial charge in [-0.15, -0.1) is 0 Å². The van der Waals surface area contributed by atoms with E-state index in [0.29, 0.717) is 0 Å². The van der Waals surface area contributed by atoms with Crippen molar-refractivity contribution in [3.8, 4) is 0 Å². The fraction of sp³-hybridized carbons (Fsp3) is 0.167.